The van der Waals surface area contributed by atoms with Crippen LogP contribution in [0.15, 0.2) is 40.9 Å². The van der Waals surface area contributed by atoms with Crippen LogP contribution in [0, 0.1) is 12.8 Å². The van der Waals surface area contributed by atoms with Crippen molar-refractivity contribution in [2.75, 3.05) is 25.2 Å². The summed E-state index contributed by atoms with van der Waals surface area (Å²) in [6.45, 7) is 2.94. The molecule has 0 saturated carbocycles. The van der Waals surface area contributed by atoms with Crippen molar-refractivity contribution < 1.29 is 19.1 Å². The number of amides is 2. The van der Waals surface area contributed by atoms with Gasteiger partial charge in [-0.2, -0.15) is 0 Å². The average molecular weight is 417 g/mol. The second-order valence-electron chi connectivity index (χ2n) is 6.42. The molecule has 1 N–H and O–H groups in total. The number of hydrogen-bond acceptors (Lipinski definition) is 4. The minimum absolute atomic E-state index is 0.0647. The number of ether oxygens (including phenoxy) is 2. The lowest BCUT2D eigenvalue weighted by molar-refractivity contribution is -0.123. The average Bonchev–Trinajstić information content (AvgIpc) is 3.03. The Hall–Kier alpha value is -2.54. The van der Waals surface area contributed by atoms with Crippen LogP contribution in [0.5, 0.6) is 11.5 Å². The first kappa shape index (κ1) is 16.9. The lowest BCUT2D eigenvalue weighted by Crippen LogP contribution is -2.54. The number of carbonyl (C=O) groups excluding carboxylic acids is 2. The number of carbonyl (C=O) groups is 2. The number of nitrogens with zero attached hydrogens (tertiary/aromatic N) is 1. The molecular formula is C19H17BrN2O4. The predicted molar refractivity (Wildman–Crippen MR) is 99.5 cm³/mol. The number of likely N-dealkylation sites (tertiary alicyclic amines) is 1. The summed E-state index contributed by atoms with van der Waals surface area (Å²) in [7, 11) is 0. The fourth-order valence-electron chi connectivity index (χ4n) is 3.02. The van der Waals surface area contributed by atoms with E-state index in [4.69, 9.17) is 9.47 Å². The van der Waals surface area contributed by atoms with E-state index in [1.165, 1.54) is 0 Å². The molecule has 0 bridgehead atoms. The topological polar surface area (TPSA) is 67.9 Å². The third-order valence-corrected chi connectivity index (χ3v) is 5.10. The Morgan fingerprint density at radius 2 is 1.88 bits per heavy atom. The normalized spacial score (nSPS) is 15.5. The molecule has 0 aliphatic carbocycles. The maximum atomic E-state index is 12.5. The Morgan fingerprint density at radius 3 is 2.65 bits per heavy atom. The summed E-state index contributed by atoms with van der Waals surface area (Å²) in [4.78, 5) is 26.6. The van der Waals surface area contributed by atoms with Gasteiger partial charge in [0.1, 0.15) is 0 Å². The van der Waals surface area contributed by atoms with E-state index in [0.29, 0.717) is 30.2 Å². The first-order valence-electron chi connectivity index (χ1n) is 8.27. The van der Waals surface area contributed by atoms with Crippen LogP contribution in [-0.4, -0.2) is 36.6 Å². The summed E-state index contributed by atoms with van der Waals surface area (Å²) in [5, 5.41) is 2.94. The van der Waals surface area contributed by atoms with Crippen molar-refractivity contribution in [1.82, 2.24) is 4.90 Å². The molecule has 0 aromatic heterocycles. The van der Waals surface area contributed by atoms with Gasteiger partial charge in [-0.05, 0) is 48.9 Å². The lowest BCUT2D eigenvalue weighted by atomic mass is 9.97. The third-order valence-electron chi connectivity index (χ3n) is 4.61. The molecule has 134 valence electrons. The number of rotatable bonds is 3. The molecule has 6 nitrogen and oxygen atoms in total. The molecule has 2 aliphatic rings. The van der Waals surface area contributed by atoms with E-state index < -0.39 is 0 Å². The minimum atomic E-state index is -0.198. The molecule has 0 atom stereocenters. The summed E-state index contributed by atoms with van der Waals surface area (Å²) >= 11 is 3.41. The van der Waals surface area contributed by atoms with E-state index in [-0.39, 0.29) is 24.5 Å². The molecule has 1 fully saturated rings. The van der Waals surface area contributed by atoms with Crippen LogP contribution in [0.3, 0.4) is 0 Å². The zero-order chi connectivity index (χ0) is 18.3. The van der Waals surface area contributed by atoms with Crippen molar-refractivity contribution in [3.8, 4) is 11.5 Å². The molecule has 1 saturated heterocycles. The number of benzene rings is 2. The molecule has 7 heteroatoms. The van der Waals surface area contributed by atoms with Gasteiger partial charge in [0.25, 0.3) is 5.91 Å². The van der Waals surface area contributed by atoms with Gasteiger partial charge in [0.05, 0.1) is 5.92 Å². The first-order valence-corrected chi connectivity index (χ1v) is 9.06. The van der Waals surface area contributed by atoms with Crippen LogP contribution in [0.1, 0.15) is 15.9 Å². The number of aryl methyl sites for hydroxylation is 1. The van der Waals surface area contributed by atoms with Gasteiger partial charge >= 0.3 is 0 Å². The van der Waals surface area contributed by atoms with Gasteiger partial charge in [-0.15, -0.1) is 0 Å². The van der Waals surface area contributed by atoms with Crippen LogP contribution >= 0.6 is 15.9 Å². The zero-order valence-electron chi connectivity index (χ0n) is 14.1. The molecule has 0 spiro atoms. The van der Waals surface area contributed by atoms with Gasteiger partial charge in [0.2, 0.25) is 12.7 Å². The highest BCUT2D eigenvalue weighted by molar-refractivity contribution is 9.10. The van der Waals surface area contributed by atoms with Crippen molar-refractivity contribution in [3.05, 3.63) is 52.0 Å². The summed E-state index contributed by atoms with van der Waals surface area (Å²) in [6.07, 6.45) is 0. The number of halogens is 1. The van der Waals surface area contributed by atoms with Crippen LogP contribution in [0.25, 0.3) is 0 Å². The highest BCUT2D eigenvalue weighted by atomic mass is 79.9. The van der Waals surface area contributed by atoms with Gasteiger partial charge in [-0.1, -0.05) is 15.9 Å². The summed E-state index contributed by atoms with van der Waals surface area (Å²) in [5.74, 6) is 0.858. The van der Waals surface area contributed by atoms with Crippen molar-refractivity contribution in [1.29, 1.82) is 0 Å². The van der Waals surface area contributed by atoms with Crippen LogP contribution < -0.4 is 14.8 Å². The quantitative estimate of drug-likeness (QED) is 0.833. The Bertz CT molecular complexity index is 893. The molecule has 2 aromatic carbocycles. The SMILES string of the molecule is Cc1cc(Br)ccc1NC(=O)C1CN(C(=O)c2ccc3c(c2)OCO3)C1. The van der Waals surface area contributed by atoms with Gasteiger partial charge in [-0.3, -0.25) is 9.59 Å². The Labute approximate surface area is 159 Å². The van der Waals surface area contributed by atoms with E-state index in [2.05, 4.69) is 21.2 Å². The van der Waals surface area contributed by atoms with Crippen molar-refractivity contribution >= 4 is 33.4 Å². The maximum Gasteiger partial charge on any atom is 0.254 e. The monoisotopic (exact) mass is 416 g/mol. The van der Waals surface area contributed by atoms with Crippen LogP contribution in [0.2, 0.25) is 0 Å². The van der Waals surface area contributed by atoms with Crippen molar-refractivity contribution in [2.24, 2.45) is 5.92 Å². The molecular weight excluding hydrogens is 400 g/mol. The fraction of sp³-hybridized carbons (Fsp3) is 0.263. The number of hydrogen-bond donors (Lipinski definition) is 1. The van der Waals surface area contributed by atoms with E-state index in [0.717, 1.165) is 15.7 Å². The fourth-order valence-corrected chi connectivity index (χ4v) is 3.50. The third kappa shape index (κ3) is 3.14. The largest absolute Gasteiger partial charge is 0.454 e. The number of nitrogens with one attached hydrogen (secondary N) is 1. The number of anilines is 1. The van der Waals surface area contributed by atoms with E-state index in [9.17, 15) is 9.59 Å². The number of fused-ring (bicyclic) bond motifs is 1. The predicted octanol–water partition coefficient (Wildman–Crippen LogP) is 3.20. The summed E-state index contributed by atoms with van der Waals surface area (Å²) < 4.78 is 11.5. The summed E-state index contributed by atoms with van der Waals surface area (Å²) in [6, 6.07) is 10.8. The van der Waals surface area contributed by atoms with E-state index in [1.54, 1.807) is 23.1 Å². The second-order valence-corrected chi connectivity index (χ2v) is 7.34. The molecule has 26 heavy (non-hydrogen) atoms. The van der Waals surface area contributed by atoms with Crippen LogP contribution in [0.4, 0.5) is 5.69 Å². The summed E-state index contributed by atoms with van der Waals surface area (Å²) in [5.41, 5.74) is 2.32. The van der Waals surface area contributed by atoms with E-state index >= 15 is 0 Å². The molecule has 2 amide bonds. The van der Waals surface area contributed by atoms with Crippen molar-refractivity contribution in [2.45, 2.75) is 6.92 Å². The van der Waals surface area contributed by atoms with Gasteiger partial charge in [0.15, 0.2) is 11.5 Å². The smallest absolute Gasteiger partial charge is 0.254 e. The molecule has 2 aliphatic heterocycles. The lowest BCUT2D eigenvalue weighted by Gasteiger charge is -2.38. The Balaban J connectivity index is 1.36. The van der Waals surface area contributed by atoms with Crippen LogP contribution in [-0.2, 0) is 4.79 Å². The minimum Gasteiger partial charge on any atom is -0.454 e. The Morgan fingerprint density at radius 1 is 1.12 bits per heavy atom. The van der Waals surface area contributed by atoms with Gasteiger partial charge in [0, 0.05) is 28.8 Å². The second kappa shape index (κ2) is 6.64. The first-order chi connectivity index (χ1) is 12.5. The highest BCUT2D eigenvalue weighted by Crippen LogP contribution is 2.33. The van der Waals surface area contributed by atoms with Crippen molar-refractivity contribution in [3.63, 3.8) is 0 Å². The molecule has 4 rings (SSSR count). The molecule has 0 radical (unpaired) electrons. The Kier molecular flexibility index (Phi) is 4.32. The molecule has 2 heterocycles. The maximum absolute atomic E-state index is 12.5. The van der Waals surface area contributed by atoms with Gasteiger partial charge in [-0.25, -0.2) is 0 Å². The van der Waals surface area contributed by atoms with Gasteiger partial charge < -0.3 is 19.7 Å². The molecule has 2 aromatic rings. The molecule has 0 unspecified atom stereocenters. The highest BCUT2D eigenvalue weighted by Gasteiger charge is 2.36. The van der Waals surface area contributed by atoms with E-state index in [1.807, 2.05) is 25.1 Å². The standard InChI is InChI=1S/C19H17BrN2O4/c1-11-6-14(20)3-4-15(11)21-18(23)13-8-22(9-13)19(24)12-2-5-16-17(7-12)26-10-25-16/h2-7,13H,8-10H2,1H3,(H,21,23). The zero-order valence-corrected chi connectivity index (χ0v) is 15.7.